The monoisotopic (exact) mass is 569 g/mol. The maximum Gasteiger partial charge on any atom is 0.298 e. The first-order valence-corrected chi connectivity index (χ1v) is 8.77. The van der Waals surface area contributed by atoms with Crippen LogP contribution in [0.2, 0.25) is 0 Å². The second-order valence-corrected chi connectivity index (χ2v) is 7.02. The molecule has 0 unspecified atom stereocenters. The lowest BCUT2D eigenvalue weighted by atomic mass is 10.2. The summed E-state index contributed by atoms with van der Waals surface area (Å²) in [4.78, 5) is 38.2. The van der Waals surface area contributed by atoms with Gasteiger partial charge in [0.25, 0.3) is 23.5 Å². The molecule has 0 heterocycles. The predicted octanol–water partition coefficient (Wildman–Crippen LogP) is 4.92. The maximum absolute atomic E-state index is 10.3. The molecule has 11 nitrogen and oxygen atoms in total. The van der Waals surface area contributed by atoms with Crippen LogP contribution < -0.4 is 4.74 Å². The van der Waals surface area contributed by atoms with E-state index in [1.165, 1.54) is 0 Å². The van der Waals surface area contributed by atoms with E-state index in [9.17, 15) is 35.1 Å². The van der Waals surface area contributed by atoms with Gasteiger partial charge < -0.3 is 4.74 Å². The Morgan fingerprint density at radius 3 is 1.33 bits per heavy atom. The number of rotatable bonds is 5. The molecule has 0 aliphatic heterocycles. The van der Waals surface area contributed by atoms with Gasteiger partial charge in [0.05, 0.1) is 41.9 Å². The SMILES string of the molecule is O=COc1c(Br)cc(Br)cc1Br.O=[N+]([O-])c1cc([N+](=O)[O-])cc([N+](=O)[O-])c1. The van der Waals surface area contributed by atoms with Gasteiger partial charge in [0.2, 0.25) is 0 Å². The average Bonchev–Trinajstić information content (AvgIpc) is 2.58. The summed E-state index contributed by atoms with van der Waals surface area (Å²) in [6.07, 6.45) is 0. The van der Waals surface area contributed by atoms with Crippen molar-refractivity contribution in [2.24, 2.45) is 0 Å². The third kappa shape index (κ3) is 6.65. The number of ether oxygens (including phenoxy) is 1. The highest BCUT2D eigenvalue weighted by Crippen LogP contribution is 2.36. The highest BCUT2D eigenvalue weighted by atomic mass is 79.9. The van der Waals surface area contributed by atoms with Crippen molar-refractivity contribution < 1.29 is 24.3 Å². The lowest BCUT2D eigenvalue weighted by Gasteiger charge is -2.04. The fourth-order valence-electron chi connectivity index (χ4n) is 1.59. The molecule has 0 saturated heterocycles. The maximum atomic E-state index is 10.3. The largest absolute Gasteiger partial charge is 0.426 e. The van der Waals surface area contributed by atoms with E-state index >= 15 is 0 Å². The molecule has 142 valence electrons. The fraction of sp³-hybridized carbons (Fsp3) is 0. The highest BCUT2D eigenvalue weighted by molar-refractivity contribution is 9.11. The molecule has 0 aliphatic carbocycles. The second kappa shape index (κ2) is 10.0. The number of non-ortho nitro benzene ring substituents is 3. The third-order valence-corrected chi connectivity index (χ3v) is 4.28. The average molecular weight is 572 g/mol. The first kappa shape index (κ1) is 22.6. The zero-order chi connectivity index (χ0) is 20.7. The molecule has 0 aliphatic rings. The Hall–Kier alpha value is -2.45. The lowest BCUT2D eigenvalue weighted by Crippen LogP contribution is -1.96. The van der Waals surface area contributed by atoms with Crippen LogP contribution in [0.4, 0.5) is 17.1 Å². The van der Waals surface area contributed by atoms with Crippen molar-refractivity contribution in [1.29, 1.82) is 0 Å². The van der Waals surface area contributed by atoms with Gasteiger partial charge in [0.1, 0.15) is 0 Å². The summed E-state index contributed by atoms with van der Waals surface area (Å²) in [7, 11) is 0. The second-order valence-electron chi connectivity index (χ2n) is 4.39. The van der Waals surface area contributed by atoms with Gasteiger partial charge in [-0.2, -0.15) is 0 Å². The number of carbonyl (C=O) groups excluding carboxylic acids is 1. The van der Waals surface area contributed by atoms with Crippen LogP contribution in [0.15, 0.2) is 43.7 Å². The van der Waals surface area contributed by atoms with Crippen molar-refractivity contribution >= 4 is 71.3 Å². The molecule has 2 aromatic carbocycles. The van der Waals surface area contributed by atoms with E-state index in [0.717, 1.165) is 13.4 Å². The zero-order valence-electron chi connectivity index (χ0n) is 12.7. The van der Waals surface area contributed by atoms with Crippen LogP contribution in [0.1, 0.15) is 0 Å². The van der Waals surface area contributed by atoms with Crippen LogP contribution in [0.3, 0.4) is 0 Å². The standard InChI is InChI=1S/C7H3Br3O2.C6H3N3O6/c8-4-1-5(9)7(12-3-11)6(10)2-4;10-7(11)4-1-5(8(12)13)3-6(2-4)9(14)15/h1-3H;1-3H. The van der Waals surface area contributed by atoms with Crippen molar-refractivity contribution in [3.63, 3.8) is 0 Å². The third-order valence-electron chi connectivity index (χ3n) is 2.65. The Morgan fingerprint density at radius 1 is 0.741 bits per heavy atom. The van der Waals surface area contributed by atoms with Gasteiger partial charge in [0.15, 0.2) is 5.75 Å². The molecule has 0 bridgehead atoms. The van der Waals surface area contributed by atoms with E-state index in [2.05, 4.69) is 47.8 Å². The molecule has 0 saturated carbocycles. The summed E-state index contributed by atoms with van der Waals surface area (Å²) >= 11 is 9.80. The van der Waals surface area contributed by atoms with Crippen molar-refractivity contribution in [3.8, 4) is 5.75 Å². The van der Waals surface area contributed by atoms with Crippen LogP contribution in [0.5, 0.6) is 5.75 Å². The van der Waals surface area contributed by atoms with E-state index in [1.807, 2.05) is 0 Å². The number of halogens is 3. The van der Waals surface area contributed by atoms with Crippen molar-refractivity contribution in [3.05, 3.63) is 74.1 Å². The summed E-state index contributed by atoms with van der Waals surface area (Å²) < 4.78 is 7.07. The quantitative estimate of drug-likeness (QED) is 0.278. The van der Waals surface area contributed by atoms with Crippen molar-refractivity contribution in [2.75, 3.05) is 0 Å². The molecule has 0 amide bonds. The summed E-state index contributed by atoms with van der Waals surface area (Å²) in [6.45, 7) is 0.388. The Morgan fingerprint density at radius 2 is 1.07 bits per heavy atom. The first-order chi connectivity index (χ1) is 12.6. The number of nitrogens with zero attached hydrogens (tertiary/aromatic N) is 3. The van der Waals surface area contributed by atoms with Crippen LogP contribution >= 0.6 is 47.8 Å². The molecule has 0 radical (unpaired) electrons. The minimum Gasteiger partial charge on any atom is -0.426 e. The van der Waals surface area contributed by atoms with E-state index in [-0.39, 0.29) is 0 Å². The van der Waals surface area contributed by atoms with E-state index in [4.69, 9.17) is 4.74 Å². The molecule has 2 rings (SSSR count). The van der Waals surface area contributed by atoms with Gasteiger partial charge in [-0.15, -0.1) is 0 Å². The molecule has 0 N–H and O–H groups in total. The molecule has 0 aromatic heterocycles. The predicted molar refractivity (Wildman–Crippen MR) is 103 cm³/mol. The van der Waals surface area contributed by atoms with E-state index in [1.54, 1.807) is 12.1 Å². The van der Waals surface area contributed by atoms with Gasteiger partial charge in [-0.3, -0.25) is 35.1 Å². The lowest BCUT2D eigenvalue weighted by molar-refractivity contribution is -0.403. The van der Waals surface area contributed by atoms with Crippen LogP contribution in [-0.2, 0) is 4.79 Å². The van der Waals surface area contributed by atoms with E-state index in [0.29, 0.717) is 30.4 Å². The topological polar surface area (TPSA) is 156 Å². The number of hydrogen-bond donors (Lipinski definition) is 0. The summed E-state index contributed by atoms with van der Waals surface area (Å²) in [6, 6.07) is 5.57. The normalized spacial score (nSPS) is 9.59. The number of carbonyl (C=O) groups is 1. The van der Waals surface area contributed by atoms with E-state index < -0.39 is 31.8 Å². The molecule has 0 spiro atoms. The highest BCUT2D eigenvalue weighted by Gasteiger charge is 2.21. The number of nitro benzene ring substituents is 3. The van der Waals surface area contributed by atoms with Crippen molar-refractivity contribution in [1.82, 2.24) is 0 Å². The number of nitro groups is 3. The first-order valence-electron chi connectivity index (χ1n) is 6.40. The molecule has 0 atom stereocenters. The van der Waals surface area contributed by atoms with Crippen LogP contribution in [0, 0.1) is 30.3 Å². The molecular weight excluding hydrogens is 566 g/mol. The minimum absolute atomic E-state index is 0.388. The van der Waals surface area contributed by atoms with Crippen LogP contribution in [-0.4, -0.2) is 21.2 Å². The fourth-order valence-corrected chi connectivity index (χ4v) is 4.03. The Kier molecular flexibility index (Phi) is 8.39. The molecule has 2 aromatic rings. The van der Waals surface area contributed by atoms with Gasteiger partial charge in [0, 0.05) is 4.47 Å². The van der Waals surface area contributed by atoms with Gasteiger partial charge in [-0.25, -0.2) is 0 Å². The Labute approximate surface area is 175 Å². The number of hydrogen-bond acceptors (Lipinski definition) is 8. The molecule has 14 heteroatoms. The molecule has 0 fully saturated rings. The summed E-state index contributed by atoms with van der Waals surface area (Å²) in [5, 5.41) is 30.9. The summed E-state index contributed by atoms with van der Waals surface area (Å²) in [5.74, 6) is 0.480. The van der Waals surface area contributed by atoms with Crippen LogP contribution in [0.25, 0.3) is 0 Å². The molecule has 27 heavy (non-hydrogen) atoms. The minimum atomic E-state index is -0.931. The smallest absolute Gasteiger partial charge is 0.298 e. The summed E-state index contributed by atoms with van der Waals surface area (Å²) in [5.41, 5.74) is -2.05. The van der Waals surface area contributed by atoms with Gasteiger partial charge in [-0.05, 0) is 44.0 Å². The molecular formula is C13H6Br3N3O8. The zero-order valence-corrected chi connectivity index (χ0v) is 17.5. The van der Waals surface area contributed by atoms with Crippen molar-refractivity contribution in [2.45, 2.75) is 0 Å². The van der Waals surface area contributed by atoms with Gasteiger partial charge >= 0.3 is 0 Å². The Bertz CT molecular complexity index is 820. The van der Waals surface area contributed by atoms with Gasteiger partial charge in [-0.1, -0.05) is 15.9 Å². The Balaban J connectivity index is 0.000000277. The number of benzene rings is 2.